The normalized spacial score (nSPS) is 15.8. The zero-order valence-electron chi connectivity index (χ0n) is 15.8. The Balaban J connectivity index is 1.78. The molecule has 5 nitrogen and oxygen atoms in total. The molecular formula is C20H26N2O3S2. The number of hydrogen-bond donors (Lipinski definition) is 0. The highest BCUT2D eigenvalue weighted by Crippen LogP contribution is 2.27. The summed E-state index contributed by atoms with van der Waals surface area (Å²) in [5.74, 6) is -0.180. The van der Waals surface area contributed by atoms with Gasteiger partial charge in [0.1, 0.15) is 0 Å². The van der Waals surface area contributed by atoms with Crippen molar-refractivity contribution < 1.29 is 13.2 Å². The SMILES string of the molecule is CN(Cc1cccs1)C(=O)c1cccc(S(=O)(=O)N(C)C2CCCCC2)c1. The summed E-state index contributed by atoms with van der Waals surface area (Å²) in [7, 11) is -0.217. The summed E-state index contributed by atoms with van der Waals surface area (Å²) in [6, 6.07) is 10.4. The van der Waals surface area contributed by atoms with Crippen LogP contribution in [0.3, 0.4) is 0 Å². The molecule has 1 amide bonds. The molecule has 1 aromatic heterocycles. The number of sulfonamides is 1. The summed E-state index contributed by atoms with van der Waals surface area (Å²) >= 11 is 1.59. The molecule has 7 heteroatoms. The van der Waals surface area contributed by atoms with Crippen LogP contribution in [-0.2, 0) is 16.6 Å². The number of hydrogen-bond acceptors (Lipinski definition) is 4. The molecule has 0 saturated heterocycles. The summed E-state index contributed by atoms with van der Waals surface area (Å²) in [4.78, 5) is 15.6. The van der Waals surface area contributed by atoms with Crippen molar-refractivity contribution in [2.45, 2.75) is 49.6 Å². The van der Waals surface area contributed by atoms with Crippen molar-refractivity contribution in [1.29, 1.82) is 0 Å². The second-order valence-corrected chi connectivity index (χ2v) is 10.1. The van der Waals surface area contributed by atoms with Gasteiger partial charge in [0.05, 0.1) is 11.4 Å². The second-order valence-electron chi connectivity index (χ2n) is 7.08. The fourth-order valence-electron chi connectivity index (χ4n) is 3.53. The maximum absolute atomic E-state index is 13.0. The van der Waals surface area contributed by atoms with Gasteiger partial charge < -0.3 is 4.90 Å². The highest BCUT2D eigenvalue weighted by atomic mass is 32.2. The van der Waals surface area contributed by atoms with Gasteiger partial charge in [0, 0.05) is 30.6 Å². The van der Waals surface area contributed by atoms with E-state index in [-0.39, 0.29) is 16.8 Å². The van der Waals surface area contributed by atoms with E-state index in [0.29, 0.717) is 12.1 Å². The Bertz CT molecular complexity index is 872. The summed E-state index contributed by atoms with van der Waals surface area (Å²) < 4.78 is 27.6. The quantitative estimate of drug-likeness (QED) is 0.729. The third-order valence-electron chi connectivity index (χ3n) is 5.17. The van der Waals surface area contributed by atoms with Crippen LogP contribution in [0.2, 0.25) is 0 Å². The number of nitrogens with zero attached hydrogens (tertiary/aromatic N) is 2. The Morgan fingerprint density at radius 2 is 1.85 bits per heavy atom. The number of benzene rings is 1. The van der Waals surface area contributed by atoms with Gasteiger partial charge in [-0.2, -0.15) is 4.31 Å². The average molecular weight is 407 g/mol. The van der Waals surface area contributed by atoms with E-state index in [9.17, 15) is 13.2 Å². The third kappa shape index (κ3) is 4.59. The van der Waals surface area contributed by atoms with Gasteiger partial charge >= 0.3 is 0 Å². The second kappa shape index (κ2) is 8.54. The molecule has 27 heavy (non-hydrogen) atoms. The van der Waals surface area contributed by atoms with Crippen LogP contribution >= 0.6 is 11.3 Å². The predicted molar refractivity (Wildman–Crippen MR) is 108 cm³/mol. The Morgan fingerprint density at radius 1 is 1.11 bits per heavy atom. The Morgan fingerprint density at radius 3 is 2.52 bits per heavy atom. The first-order valence-electron chi connectivity index (χ1n) is 9.25. The molecule has 1 saturated carbocycles. The van der Waals surface area contributed by atoms with Crippen molar-refractivity contribution >= 4 is 27.3 Å². The van der Waals surface area contributed by atoms with Gasteiger partial charge in [-0.25, -0.2) is 8.42 Å². The van der Waals surface area contributed by atoms with Gasteiger partial charge in [0.2, 0.25) is 10.0 Å². The molecule has 0 atom stereocenters. The summed E-state index contributed by atoms with van der Waals surface area (Å²) in [6.07, 6.45) is 5.11. The van der Waals surface area contributed by atoms with E-state index in [1.165, 1.54) is 16.8 Å². The Hall–Kier alpha value is -1.70. The van der Waals surface area contributed by atoms with Gasteiger partial charge in [0.25, 0.3) is 5.91 Å². The lowest BCUT2D eigenvalue weighted by Gasteiger charge is -2.30. The van der Waals surface area contributed by atoms with Crippen LogP contribution in [0.1, 0.15) is 47.3 Å². The minimum Gasteiger partial charge on any atom is -0.337 e. The zero-order chi connectivity index (χ0) is 19.4. The molecule has 0 N–H and O–H groups in total. The van der Waals surface area contributed by atoms with E-state index in [2.05, 4.69) is 0 Å². The number of carbonyl (C=O) groups is 1. The van der Waals surface area contributed by atoms with Crippen molar-refractivity contribution in [3.05, 3.63) is 52.2 Å². The van der Waals surface area contributed by atoms with Gasteiger partial charge in [0.15, 0.2) is 0 Å². The van der Waals surface area contributed by atoms with Crippen molar-refractivity contribution in [3.63, 3.8) is 0 Å². The fourth-order valence-corrected chi connectivity index (χ4v) is 5.74. The summed E-state index contributed by atoms with van der Waals surface area (Å²) in [6.45, 7) is 0.509. The van der Waals surface area contributed by atoms with E-state index in [1.807, 2.05) is 17.5 Å². The van der Waals surface area contributed by atoms with Gasteiger partial charge in [-0.05, 0) is 42.5 Å². The molecule has 0 aliphatic heterocycles. The molecule has 2 aromatic rings. The lowest BCUT2D eigenvalue weighted by atomic mass is 9.96. The highest BCUT2D eigenvalue weighted by Gasteiger charge is 2.29. The molecule has 1 aliphatic carbocycles. The van der Waals surface area contributed by atoms with E-state index in [1.54, 1.807) is 48.5 Å². The molecule has 1 aliphatic rings. The summed E-state index contributed by atoms with van der Waals surface area (Å²) in [5.41, 5.74) is 0.396. The summed E-state index contributed by atoms with van der Waals surface area (Å²) in [5, 5.41) is 1.97. The molecule has 0 radical (unpaired) electrons. The largest absolute Gasteiger partial charge is 0.337 e. The molecule has 146 valence electrons. The maximum Gasteiger partial charge on any atom is 0.253 e. The van der Waals surface area contributed by atoms with Crippen LogP contribution in [0.4, 0.5) is 0 Å². The lowest BCUT2D eigenvalue weighted by Crippen LogP contribution is -2.38. The molecular weight excluding hydrogens is 380 g/mol. The van der Waals surface area contributed by atoms with E-state index < -0.39 is 10.0 Å². The van der Waals surface area contributed by atoms with Crippen molar-refractivity contribution in [3.8, 4) is 0 Å². The first-order valence-corrected chi connectivity index (χ1v) is 11.6. The van der Waals surface area contributed by atoms with Crippen LogP contribution in [0.15, 0.2) is 46.7 Å². The van der Waals surface area contributed by atoms with Gasteiger partial charge in [-0.1, -0.05) is 31.4 Å². The molecule has 0 bridgehead atoms. The molecule has 0 unspecified atom stereocenters. The van der Waals surface area contributed by atoms with E-state index >= 15 is 0 Å². The third-order valence-corrected chi connectivity index (χ3v) is 7.93. The Labute approximate surface area is 165 Å². The monoisotopic (exact) mass is 406 g/mol. The topological polar surface area (TPSA) is 57.7 Å². The van der Waals surface area contributed by atoms with Crippen molar-refractivity contribution in [1.82, 2.24) is 9.21 Å². The fraction of sp³-hybridized carbons (Fsp3) is 0.450. The molecule has 0 spiro atoms. The molecule has 3 rings (SSSR count). The smallest absolute Gasteiger partial charge is 0.253 e. The Kier molecular flexibility index (Phi) is 6.34. The minimum absolute atomic E-state index is 0.0459. The van der Waals surface area contributed by atoms with Gasteiger partial charge in [-0.15, -0.1) is 11.3 Å². The van der Waals surface area contributed by atoms with Crippen LogP contribution in [-0.4, -0.2) is 43.7 Å². The van der Waals surface area contributed by atoms with E-state index in [0.717, 1.165) is 30.6 Å². The molecule has 1 heterocycles. The van der Waals surface area contributed by atoms with Gasteiger partial charge in [-0.3, -0.25) is 4.79 Å². The first kappa shape index (κ1) is 20.0. The van der Waals surface area contributed by atoms with Crippen LogP contribution in [0, 0.1) is 0 Å². The lowest BCUT2D eigenvalue weighted by molar-refractivity contribution is 0.0786. The van der Waals surface area contributed by atoms with Crippen LogP contribution < -0.4 is 0 Å². The zero-order valence-corrected chi connectivity index (χ0v) is 17.4. The standard InChI is InChI=1S/C20H26N2O3S2/c1-21(15-18-11-7-13-26-18)20(23)16-8-6-12-19(14-16)27(24,25)22(2)17-9-4-3-5-10-17/h6-8,11-14,17H,3-5,9-10,15H2,1-2H3. The number of thiophene rings is 1. The van der Waals surface area contributed by atoms with Crippen LogP contribution in [0.5, 0.6) is 0 Å². The first-order chi connectivity index (χ1) is 12.9. The number of amides is 1. The molecule has 1 aromatic carbocycles. The minimum atomic E-state index is -3.61. The number of rotatable bonds is 6. The highest BCUT2D eigenvalue weighted by molar-refractivity contribution is 7.89. The predicted octanol–water partition coefficient (Wildman–Crippen LogP) is 3.97. The number of carbonyl (C=O) groups excluding carboxylic acids is 1. The van der Waals surface area contributed by atoms with E-state index in [4.69, 9.17) is 0 Å². The molecule has 1 fully saturated rings. The average Bonchev–Trinajstić information content (AvgIpc) is 3.20. The van der Waals surface area contributed by atoms with Crippen LogP contribution in [0.25, 0.3) is 0 Å². The maximum atomic E-state index is 13.0. The van der Waals surface area contributed by atoms with Crippen molar-refractivity contribution in [2.75, 3.05) is 14.1 Å². The van der Waals surface area contributed by atoms with Crippen molar-refractivity contribution in [2.24, 2.45) is 0 Å².